The molecule has 0 spiro atoms. The van der Waals surface area contributed by atoms with E-state index in [9.17, 15) is 4.79 Å². The van der Waals surface area contributed by atoms with Gasteiger partial charge in [-0.05, 0) is 32.0 Å². The van der Waals surface area contributed by atoms with E-state index in [1.165, 1.54) is 23.1 Å². The lowest BCUT2D eigenvalue weighted by Gasteiger charge is -2.07. The summed E-state index contributed by atoms with van der Waals surface area (Å²) in [5, 5.41) is 7.71. The highest BCUT2D eigenvalue weighted by molar-refractivity contribution is 8.01. The van der Waals surface area contributed by atoms with Crippen molar-refractivity contribution in [1.29, 1.82) is 0 Å². The third kappa shape index (κ3) is 3.15. The summed E-state index contributed by atoms with van der Waals surface area (Å²) in [7, 11) is 0. The van der Waals surface area contributed by atoms with Gasteiger partial charge < -0.3 is 8.98 Å². The topological polar surface area (TPSA) is 60.9 Å². The molecule has 5 nitrogen and oxygen atoms in total. The Hall–Kier alpha value is -1.86. The van der Waals surface area contributed by atoms with Crippen molar-refractivity contribution in [2.24, 2.45) is 0 Å². The summed E-state index contributed by atoms with van der Waals surface area (Å²) < 4.78 is 8.31. The van der Waals surface area contributed by atoms with Crippen molar-refractivity contribution in [2.45, 2.75) is 24.7 Å². The van der Waals surface area contributed by atoms with Gasteiger partial charge in [0.2, 0.25) is 0 Å². The van der Waals surface area contributed by atoms with Gasteiger partial charge in [0.1, 0.15) is 11.3 Å². The van der Waals surface area contributed by atoms with E-state index >= 15 is 0 Å². The van der Waals surface area contributed by atoms with Crippen LogP contribution in [0.2, 0.25) is 0 Å². The van der Waals surface area contributed by atoms with E-state index in [0.717, 1.165) is 27.1 Å². The molecule has 0 N–H and O–H groups in total. The Kier molecular flexibility index (Phi) is 4.44. The predicted octanol–water partition coefficient (Wildman–Crippen LogP) is 3.57. The van der Waals surface area contributed by atoms with Crippen molar-refractivity contribution in [1.82, 2.24) is 14.8 Å². The number of nitrogens with zero attached hydrogens (tertiary/aromatic N) is 3. The Morgan fingerprint density at radius 2 is 2.32 bits per heavy atom. The second kappa shape index (κ2) is 6.50. The third-order valence-electron chi connectivity index (χ3n) is 3.43. The monoisotopic (exact) mass is 333 g/mol. The average Bonchev–Trinajstić information content (AvgIpc) is 3.23. The number of Topliss-reactive ketones (excluding diaryl/α,β-unsaturated/α-hetero) is 1. The predicted molar refractivity (Wildman–Crippen MR) is 86.7 cm³/mol. The summed E-state index contributed by atoms with van der Waals surface area (Å²) in [5.41, 5.74) is 4.46. The van der Waals surface area contributed by atoms with Gasteiger partial charge in [0.05, 0.1) is 18.6 Å². The van der Waals surface area contributed by atoms with E-state index in [0.29, 0.717) is 12.3 Å². The smallest absolute Gasteiger partial charge is 0.174 e. The van der Waals surface area contributed by atoms with Gasteiger partial charge in [0.15, 0.2) is 10.1 Å². The van der Waals surface area contributed by atoms with E-state index in [1.54, 1.807) is 11.8 Å². The quantitative estimate of drug-likeness (QED) is 0.510. The second-order valence-electron chi connectivity index (χ2n) is 4.87. The maximum atomic E-state index is 12.4. The minimum atomic E-state index is 0.110. The largest absolute Gasteiger partial charge is 0.467 e. The highest BCUT2D eigenvalue weighted by Crippen LogP contribution is 2.23. The molecule has 22 heavy (non-hydrogen) atoms. The molecular formula is C15H15N3O2S2. The summed E-state index contributed by atoms with van der Waals surface area (Å²) in [6.07, 6.45) is 1.66. The van der Waals surface area contributed by atoms with Crippen LogP contribution in [0.4, 0.5) is 0 Å². The van der Waals surface area contributed by atoms with Crippen LogP contribution < -0.4 is 0 Å². The molecule has 0 amide bonds. The number of aromatic nitrogens is 3. The van der Waals surface area contributed by atoms with Crippen molar-refractivity contribution in [2.75, 3.05) is 5.75 Å². The number of furan rings is 1. The number of carbonyl (C=O) groups excluding carboxylic acids is 1. The second-order valence-corrected chi connectivity index (χ2v) is 6.92. The molecule has 3 heterocycles. The molecule has 0 unspecified atom stereocenters. The Morgan fingerprint density at radius 3 is 3.00 bits per heavy atom. The number of aryl methyl sites for hydroxylation is 1. The third-order valence-corrected chi connectivity index (χ3v) is 5.30. The van der Waals surface area contributed by atoms with Crippen LogP contribution in [0.15, 0.2) is 38.7 Å². The fraction of sp³-hybridized carbons (Fsp3) is 0.267. The summed E-state index contributed by atoms with van der Waals surface area (Å²) in [6, 6.07) is 5.75. The normalized spacial score (nSPS) is 11.0. The fourth-order valence-corrected chi connectivity index (χ4v) is 3.69. The lowest BCUT2D eigenvalue weighted by atomic mass is 10.2. The first-order valence-corrected chi connectivity index (χ1v) is 8.63. The van der Waals surface area contributed by atoms with Gasteiger partial charge in [-0.15, -0.1) is 10.2 Å². The number of thioether (sulfide) groups is 1. The fourth-order valence-electron chi connectivity index (χ4n) is 2.32. The zero-order valence-electron chi connectivity index (χ0n) is 12.3. The van der Waals surface area contributed by atoms with Crippen molar-refractivity contribution >= 4 is 28.9 Å². The molecule has 0 aromatic carbocycles. The minimum Gasteiger partial charge on any atom is -0.467 e. The van der Waals surface area contributed by atoms with Crippen LogP contribution >= 0.6 is 23.1 Å². The van der Waals surface area contributed by atoms with Crippen molar-refractivity contribution in [3.05, 3.63) is 52.7 Å². The average molecular weight is 333 g/mol. The summed E-state index contributed by atoms with van der Waals surface area (Å²) in [6.45, 7) is 4.62. The van der Waals surface area contributed by atoms with Crippen LogP contribution in [-0.2, 0) is 6.54 Å². The van der Waals surface area contributed by atoms with E-state index in [4.69, 9.17) is 4.42 Å². The summed E-state index contributed by atoms with van der Waals surface area (Å²) in [4.78, 5) is 12.4. The van der Waals surface area contributed by atoms with Crippen LogP contribution in [0.5, 0.6) is 0 Å². The van der Waals surface area contributed by atoms with Gasteiger partial charge in [-0.25, -0.2) is 0 Å². The molecule has 0 aliphatic carbocycles. The Balaban J connectivity index is 1.75. The molecule has 114 valence electrons. The van der Waals surface area contributed by atoms with Gasteiger partial charge in [-0.3, -0.25) is 4.79 Å². The maximum Gasteiger partial charge on any atom is 0.174 e. The first kappa shape index (κ1) is 15.1. The number of hydrogen-bond acceptors (Lipinski definition) is 6. The molecule has 0 radical (unpaired) electrons. The van der Waals surface area contributed by atoms with E-state index in [2.05, 4.69) is 14.8 Å². The molecule has 3 aromatic rings. The van der Waals surface area contributed by atoms with Crippen LogP contribution in [0.3, 0.4) is 0 Å². The molecule has 0 aliphatic heterocycles. The molecule has 7 heteroatoms. The van der Waals surface area contributed by atoms with Gasteiger partial charge in [0.25, 0.3) is 0 Å². The minimum absolute atomic E-state index is 0.110. The van der Waals surface area contributed by atoms with Crippen LogP contribution in [0.25, 0.3) is 0 Å². The van der Waals surface area contributed by atoms with Crippen molar-refractivity contribution < 1.29 is 9.21 Å². The lowest BCUT2D eigenvalue weighted by molar-refractivity contribution is 0.102. The highest BCUT2D eigenvalue weighted by atomic mass is 32.2. The van der Waals surface area contributed by atoms with E-state index in [1.807, 2.05) is 32.0 Å². The Labute approximate surface area is 136 Å². The highest BCUT2D eigenvalue weighted by Gasteiger charge is 2.17. The Bertz CT molecular complexity index is 761. The van der Waals surface area contributed by atoms with Crippen LogP contribution in [0.1, 0.15) is 27.5 Å². The molecule has 3 rings (SSSR count). The number of carbonyl (C=O) groups is 1. The van der Waals surface area contributed by atoms with Crippen molar-refractivity contribution in [3.63, 3.8) is 0 Å². The first-order chi connectivity index (χ1) is 10.6. The summed E-state index contributed by atoms with van der Waals surface area (Å²) >= 11 is 2.87. The van der Waals surface area contributed by atoms with E-state index < -0.39 is 0 Å². The Morgan fingerprint density at radius 1 is 1.45 bits per heavy atom. The van der Waals surface area contributed by atoms with Gasteiger partial charge in [0, 0.05) is 17.0 Å². The first-order valence-electron chi connectivity index (χ1n) is 6.76. The number of hydrogen-bond donors (Lipinski definition) is 0. The van der Waals surface area contributed by atoms with Crippen LogP contribution in [0, 0.1) is 13.8 Å². The molecule has 0 fully saturated rings. The zero-order chi connectivity index (χ0) is 15.5. The van der Waals surface area contributed by atoms with Gasteiger partial charge in [-0.1, -0.05) is 23.1 Å². The standard InChI is InChI=1S/C15H15N3O2S2/c1-10-6-13(14(19)8-21-15-17-16-9-22-15)11(2)18(10)7-12-4-3-5-20-12/h3-6,9H,7-8H2,1-2H3. The molecular weight excluding hydrogens is 318 g/mol. The lowest BCUT2D eigenvalue weighted by Crippen LogP contribution is -2.07. The SMILES string of the molecule is Cc1cc(C(=O)CSc2nncs2)c(C)n1Cc1ccco1. The summed E-state index contributed by atoms with van der Waals surface area (Å²) in [5.74, 6) is 1.36. The molecule has 0 bridgehead atoms. The number of rotatable bonds is 6. The van der Waals surface area contributed by atoms with Gasteiger partial charge in [-0.2, -0.15) is 0 Å². The number of ketones is 1. The zero-order valence-corrected chi connectivity index (χ0v) is 13.9. The van der Waals surface area contributed by atoms with Gasteiger partial charge >= 0.3 is 0 Å². The maximum absolute atomic E-state index is 12.4. The molecule has 0 aliphatic rings. The van der Waals surface area contributed by atoms with Crippen LogP contribution in [-0.4, -0.2) is 26.3 Å². The molecule has 0 atom stereocenters. The molecule has 0 saturated heterocycles. The molecule has 3 aromatic heterocycles. The molecule has 0 saturated carbocycles. The van der Waals surface area contributed by atoms with E-state index in [-0.39, 0.29) is 5.78 Å². The van der Waals surface area contributed by atoms with Crippen molar-refractivity contribution in [3.8, 4) is 0 Å².